The summed E-state index contributed by atoms with van der Waals surface area (Å²) in [6.45, 7) is 0. The first-order valence-corrected chi connectivity index (χ1v) is 5.34. The lowest BCUT2D eigenvalue weighted by atomic mass is 10.5. The highest BCUT2D eigenvalue weighted by Crippen LogP contribution is 2.25. The van der Waals surface area contributed by atoms with Crippen LogP contribution in [-0.2, 0) is 10.0 Å². The van der Waals surface area contributed by atoms with E-state index in [0.717, 1.165) is 11.0 Å². The lowest BCUT2D eigenvalue weighted by Crippen LogP contribution is -2.19. The Balaban J connectivity index is 3.31. The maximum absolute atomic E-state index is 11.0. The van der Waals surface area contributed by atoms with Gasteiger partial charge in [0.05, 0.1) is 0 Å². The third-order valence-electron chi connectivity index (χ3n) is 1.28. The van der Waals surface area contributed by atoms with Crippen LogP contribution in [-0.4, -0.2) is 24.7 Å². The molecule has 0 bridgehead atoms. The Labute approximate surface area is 86.5 Å². The Hall–Kier alpha value is -0.900. The van der Waals surface area contributed by atoms with Crippen molar-refractivity contribution in [3.8, 4) is 0 Å². The summed E-state index contributed by atoms with van der Waals surface area (Å²) in [6, 6.07) is 0.769. The van der Waals surface area contributed by atoms with Crippen molar-refractivity contribution < 1.29 is 27.9 Å². The lowest BCUT2D eigenvalue weighted by Gasteiger charge is -1.95. The molecule has 0 saturated heterocycles. The van der Waals surface area contributed by atoms with Crippen LogP contribution < -0.4 is 4.89 Å². The van der Waals surface area contributed by atoms with E-state index in [-0.39, 0.29) is 4.67 Å². The molecule has 3 N–H and O–H groups in total. The van der Waals surface area contributed by atoms with Crippen molar-refractivity contribution in [3.05, 3.63) is 16.5 Å². The summed E-state index contributed by atoms with van der Waals surface area (Å²) in [5.74, 6) is -1.96. The summed E-state index contributed by atoms with van der Waals surface area (Å²) in [5, 5.41) is 16.7. The zero-order valence-corrected chi connectivity index (χ0v) is 8.79. The minimum atomic E-state index is -4.14. The van der Waals surface area contributed by atoms with E-state index in [0.29, 0.717) is 0 Å². The summed E-state index contributed by atoms with van der Waals surface area (Å²) >= 11 is 2.70. The van der Waals surface area contributed by atoms with Gasteiger partial charge in [-0.3, -0.25) is 0 Å². The van der Waals surface area contributed by atoms with Crippen molar-refractivity contribution in [1.29, 1.82) is 0 Å². The maximum Gasteiger partial charge on any atom is 0.371 e. The molecule has 0 radical (unpaired) electrons. The fraction of sp³-hybridized carbons (Fsp3) is 0. The summed E-state index contributed by atoms with van der Waals surface area (Å²) in [6.07, 6.45) is 0. The smallest absolute Gasteiger partial charge is 0.371 e. The van der Waals surface area contributed by atoms with Gasteiger partial charge in [-0.05, 0) is 15.9 Å². The number of rotatable bonds is 3. The number of carboxylic acids is 1. The van der Waals surface area contributed by atoms with Gasteiger partial charge in [0.15, 0.2) is 4.67 Å². The molecule has 0 unspecified atom stereocenters. The number of halogens is 1. The van der Waals surface area contributed by atoms with Crippen molar-refractivity contribution >= 4 is 31.9 Å². The average molecular weight is 286 g/mol. The standard InChI is InChI=1S/C5H4BrNO6S/c6-4-3(14(11,12)7-10)1-2(13-4)5(8)9/h1,7,10H,(H,8,9). The second-order valence-electron chi connectivity index (χ2n) is 2.15. The van der Waals surface area contributed by atoms with E-state index in [4.69, 9.17) is 10.3 Å². The van der Waals surface area contributed by atoms with Gasteiger partial charge in [0.2, 0.25) is 5.76 Å². The minimum Gasteiger partial charge on any atom is -0.475 e. The molecule has 0 fully saturated rings. The van der Waals surface area contributed by atoms with E-state index < -0.39 is 26.6 Å². The van der Waals surface area contributed by atoms with E-state index in [1.165, 1.54) is 0 Å². The number of aromatic carboxylic acids is 1. The molecule has 1 aromatic rings. The van der Waals surface area contributed by atoms with E-state index in [9.17, 15) is 13.2 Å². The molecule has 0 aliphatic heterocycles. The predicted molar refractivity (Wildman–Crippen MR) is 45.5 cm³/mol. The van der Waals surface area contributed by atoms with Gasteiger partial charge in [0, 0.05) is 6.07 Å². The van der Waals surface area contributed by atoms with Gasteiger partial charge in [-0.15, -0.1) is 0 Å². The number of carboxylic acid groups (broad SMARTS) is 1. The summed E-state index contributed by atoms with van der Waals surface area (Å²) < 4.78 is 26.3. The van der Waals surface area contributed by atoms with Crippen LogP contribution in [0, 0.1) is 0 Å². The van der Waals surface area contributed by atoms with Gasteiger partial charge in [-0.25, -0.2) is 13.2 Å². The highest BCUT2D eigenvalue weighted by molar-refractivity contribution is 9.10. The summed E-state index contributed by atoms with van der Waals surface area (Å²) in [4.78, 5) is 10.9. The third-order valence-corrected chi connectivity index (χ3v) is 3.25. The van der Waals surface area contributed by atoms with Crippen molar-refractivity contribution in [2.24, 2.45) is 0 Å². The maximum atomic E-state index is 11.0. The van der Waals surface area contributed by atoms with Crippen LogP contribution in [0.2, 0.25) is 0 Å². The topological polar surface area (TPSA) is 117 Å². The minimum absolute atomic E-state index is 0.295. The van der Waals surface area contributed by atoms with E-state index in [1.807, 2.05) is 0 Å². The largest absolute Gasteiger partial charge is 0.475 e. The zero-order chi connectivity index (χ0) is 10.9. The molecule has 0 aliphatic rings. The normalized spacial score (nSPS) is 11.6. The molecular formula is C5H4BrNO6S. The van der Waals surface area contributed by atoms with E-state index >= 15 is 0 Å². The van der Waals surface area contributed by atoms with Crippen LogP contribution in [0.1, 0.15) is 10.6 Å². The second-order valence-corrected chi connectivity index (χ2v) is 4.50. The molecule has 14 heavy (non-hydrogen) atoms. The molecule has 0 saturated carbocycles. The van der Waals surface area contributed by atoms with Crippen LogP contribution in [0.3, 0.4) is 0 Å². The third kappa shape index (κ3) is 1.95. The molecule has 0 atom stereocenters. The molecule has 78 valence electrons. The molecule has 0 aromatic carbocycles. The fourth-order valence-corrected chi connectivity index (χ4v) is 2.23. The second kappa shape index (κ2) is 3.69. The van der Waals surface area contributed by atoms with Crippen molar-refractivity contribution in [1.82, 2.24) is 4.89 Å². The van der Waals surface area contributed by atoms with Crippen LogP contribution in [0.4, 0.5) is 0 Å². The number of hydrogen-bond acceptors (Lipinski definition) is 5. The molecule has 0 amide bonds. The molecule has 0 aliphatic carbocycles. The van der Waals surface area contributed by atoms with Gasteiger partial charge in [0.1, 0.15) is 4.90 Å². The average Bonchev–Trinajstić information content (AvgIpc) is 2.48. The summed E-state index contributed by atoms with van der Waals surface area (Å²) in [7, 11) is -4.14. The SMILES string of the molecule is O=C(O)c1cc(S(=O)(=O)NO)c(Br)o1. The van der Waals surface area contributed by atoms with Gasteiger partial charge >= 0.3 is 5.97 Å². The first-order valence-electron chi connectivity index (χ1n) is 3.07. The number of furan rings is 1. The van der Waals surface area contributed by atoms with Gasteiger partial charge in [0.25, 0.3) is 10.0 Å². The zero-order valence-electron chi connectivity index (χ0n) is 6.39. The Bertz CT molecular complexity index is 463. The first kappa shape index (κ1) is 11.2. The van der Waals surface area contributed by atoms with E-state index in [1.54, 1.807) is 0 Å². The monoisotopic (exact) mass is 285 g/mol. The molecule has 1 aromatic heterocycles. The van der Waals surface area contributed by atoms with E-state index in [2.05, 4.69) is 20.3 Å². The Morgan fingerprint density at radius 2 is 2.14 bits per heavy atom. The van der Waals surface area contributed by atoms with Crippen molar-refractivity contribution in [3.63, 3.8) is 0 Å². The van der Waals surface area contributed by atoms with Crippen LogP contribution in [0.25, 0.3) is 0 Å². The van der Waals surface area contributed by atoms with Crippen molar-refractivity contribution in [2.75, 3.05) is 0 Å². The molecule has 1 rings (SSSR count). The van der Waals surface area contributed by atoms with Crippen LogP contribution >= 0.6 is 15.9 Å². The number of carbonyl (C=O) groups is 1. The summed E-state index contributed by atoms with van der Waals surface area (Å²) in [5.41, 5.74) is 0. The van der Waals surface area contributed by atoms with Gasteiger partial charge < -0.3 is 14.7 Å². The Morgan fingerprint density at radius 1 is 1.57 bits per heavy atom. The first-order chi connectivity index (χ1) is 6.38. The van der Waals surface area contributed by atoms with Gasteiger partial charge in [-0.1, -0.05) is 4.89 Å². The molecule has 7 nitrogen and oxygen atoms in total. The van der Waals surface area contributed by atoms with Crippen molar-refractivity contribution in [2.45, 2.75) is 4.90 Å². The molecule has 1 heterocycles. The predicted octanol–water partition coefficient (Wildman–Crippen LogP) is 0.408. The number of nitrogens with one attached hydrogen (secondary N) is 1. The molecule has 0 spiro atoms. The Kier molecular flexibility index (Phi) is 2.95. The van der Waals surface area contributed by atoms with Gasteiger partial charge in [-0.2, -0.15) is 0 Å². The van der Waals surface area contributed by atoms with Crippen LogP contribution in [0.15, 0.2) is 20.0 Å². The highest BCUT2D eigenvalue weighted by Gasteiger charge is 2.24. The number of sulfonamides is 1. The lowest BCUT2D eigenvalue weighted by molar-refractivity contribution is 0.0661. The molecule has 9 heteroatoms. The quantitative estimate of drug-likeness (QED) is 0.693. The number of hydrogen-bond donors (Lipinski definition) is 3. The fourth-order valence-electron chi connectivity index (χ4n) is 0.690. The molecular weight excluding hydrogens is 282 g/mol. The Morgan fingerprint density at radius 3 is 2.50 bits per heavy atom. The van der Waals surface area contributed by atoms with Crippen LogP contribution in [0.5, 0.6) is 0 Å². The highest BCUT2D eigenvalue weighted by atomic mass is 79.9.